The Morgan fingerprint density at radius 2 is 1.75 bits per heavy atom. The molecule has 1 aliphatic rings. The van der Waals surface area contributed by atoms with Crippen LogP contribution in [0, 0.1) is 0 Å². The van der Waals surface area contributed by atoms with Crippen LogP contribution in [0.15, 0.2) is 36.4 Å². The number of benzene rings is 2. The Labute approximate surface area is 151 Å². The molecule has 3 rings (SSSR count). The van der Waals surface area contributed by atoms with Crippen molar-refractivity contribution < 1.29 is 4.79 Å². The van der Waals surface area contributed by atoms with Crippen molar-refractivity contribution in [2.75, 3.05) is 29.0 Å². The lowest BCUT2D eigenvalue weighted by Crippen LogP contribution is -2.30. The second-order valence-corrected chi connectivity index (χ2v) is 6.72. The standard InChI is InChI=1S/C18H19Cl2N3O/c19-14-6-4-12(10-15(14)20)18(24)22-16-11-13(21)5-7-17(16)23-8-2-1-3-9-23/h4-7,10-11H,1-3,8-9,21H2,(H,22,24). The minimum atomic E-state index is -0.238. The van der Waals surface area contributed by atoms with Crippen LogP contribution < -0.4 is 16.0 Å². The second kappa shape index (κ2) is 7.32. The van der Waals surface area contributed by atoms with Crippen molar-refractivity contribution in [1.82, 2.24) is 0 Å². The minimum absolute atomic E-state index is 0.238. The molecule has 6 heteroatoms. The van der Waals surface area contributed by atoms with E-state index in [-0.39, 0.29) is 5.91 Å². The highest BCUT2D eigenvalue weighted by atomic mass is 35.5. The fourth-order valence-electron chi connectivity index (χ4n) is 2.90. The highest BCUT2D eigenvalue weighted by molar-refractivity contribution is 6.42. The van der Waals surface area contributed by atoms with Crippen molar-refractivity contribution in [3.05, 3.63) is 52.0 Å². The molecule has 0 aliphatic carbocycles. The molecule has 0 radical (unpaired) electrons. The fourth-order valence-corrected chi connectivity index (χ4v) is 3.19. The zero-order valence-electron chi connectivity index (χ0n) is 13.2. The predicted molar refractivity (Wildman–Crippen MR) is 101 cm³/mol. The Balaban J connectivity index is 1.86. The summed E-state index contributed by atoms with van der Waals surface area (Å²) < 4.78 is 0. The van der Waals surface area contributed by atoms with Gasteiger partial charge in [0.15, 0.2) is 0 Å². The van der Waals surface area contributed by atoms with Gasteiger partial charge in [-0.05, 0) is 55.7 Å². The summed E-state index contributed by atoms with van der Waals surface area (Å²) in [4.78, 5) is 14.8. The van der Waals surface area contributed by atoms with E-state index in [4.69, 9.17) is 28.9 Å². The minimum Gasteiger partial charge on any atom is -0.399 e. The number of carbonyl (C=O) groups is 1. The van der Waals surface area contributed by atoms with E-state index in [0.29, 0.717) is 27.0 Å². The van der Waals surface area contributed by atoms with E-state index in [1.54, 1.807) is 24.3 Å². The van der Waals surface area contributed by atoms with Crippen LogP contribution in [0.4, 0.5) is 17.1 Å². The van der Waals surface area contributed by atoms with Crippen LogP contribution in [0.1, 0.15) is 29.6 Å². The highest BCUT2D eigenvalue weighted by Gasteiger charge is 2.17. The van der Waals surface area contributed by atoms with E-state index < -0.39 is 0 Å². The number of halogens is 2. The molecule has 4 nitrogen and oxygen atoms in total. The van der Waals surface area contributed by atoms with E-state index in [1.807, 2.05) is 12.1 Å². The van der Waals surface area contributed by atoms with Crippen LogP contribution in [-0.2, 0) is 0 Å². The SMILES string of the molecule is Nc1ccc(N2CCCCC2)c(NC(=O)c2ccc(Cl)c(Cl)c2)c1. The molecule has 1 fully saturated rings. The molecule has 2 aromatic carbocycles. The first-order valence-corrected chi connectivity index (χ1v) is 8.71. The molecule has 0 spiro atoms. The number of rotatable bonds is 3. The largest absolute Gasteiger partial charge is 0.399 e. The molecule has 0 unspecified atom stereocenters. The number of carbonyl (C=O) groups excluding carboxylic acids is 1. The van der Waals surface area contributed by atoms with E-state index in [1.165, 1.54) is 6.42 Å². The number of hydrogen-bond donors (Lipinski definition) is 2. The van der Waals surface area contributed by atoms with Gasteiger partial charge in [-0.3, -0.25) is 4.79 Å². The topological polar surface area (TPSA) is 58.4 Å². The van der Waals surface area contributed by atoms with Gasteiger partial charge in [0.1, 0.15) is 0 Å². The molecule has 0 aromatic heterocycles. The smallest absolute Gasteiger partial charge is 0.255 e. The second-order valence-electron chi connectivity index (χ2n) is 5.91. The van der Waals surface area contributed by atoms with E-state index in [2.05, 4.69) is 10.2 Å². The first-order chi connectivity index (χ1) is 11.5. The Kier molecular flexibility index (Phi) is 5.17. The predicted octanol–water partition coefficient (Wildman–Crippen LogP) is 4.82. The number of nitrogens with zero attached hydrogens (tertiary/aromatic N) is 1. The molecule has 1 aliphatic heterocycles. The number of nitrogens with one attached hydrogen (secondary N) is 1. The van der Waals surface area contributed by atoms with Gasteiger partial charge in [0.2, 0.25) is 0 Å². The van der Waals surface area contributed by atoms with Crippen LogP contribution in [0.2, 0.25) is 10.0 Å². The maximum absolute atomic E-state index is 12.6. The van der Waals surface area contributed by atoms with Crippen LogP contribution >= 0.6 is 23.2 Å². The zero-order valence-corrected chi connectivity index (χ0v) is 14.7. The molecule has 3 N–H and O–H groups in total. The van der Waals surface area contributed by atoms with Crippen LogP contribution in [0.3, 0.4) is 0 Å². The summed E-state index contributed by atoms with van der Waals surface area (Å²) in [6, 6.07) is 10.4. The number of hydrogen-bond acceptors (Lipinski definition) is 3. The van der Waals surface area contributed by atoms with Gasteiger partial charge < -0.3 is 16.0 Å². The molecule has 0 atom stereocenters. The number of nitrogens with two attached hydrogens (primary N) is 1. The Bertz CT molecular complexity index is 758. The van der Waals surface area contributed by atoms with Crippen LogP contribution in [-0.4, -0.2) is 19.0 Å². The van der Waals surface area contributed by atoms with Gasteiger partial charge >= 0.3 is 0 Å². The third kappa shape index (κ3) is 3.77. The van der Waals surface area contributed by atoms with Gasteiger partial charge in [0.25, 0.3) is 5.91 Å². The normalized spacial score (nSPS) is 14.5. The lowest BCUT2D eigenvalue weighted by molar-refractivity contribution is 0.102. The van der Waals surface area contributed by atoms with E-state index in [9.17, 15) is 4.79 Å². The van der Waals surface area contributed by atoms with Gasteiger partial charge in [-0.15, -0.1) is 0 Å². The lowest BCUT2D eigenvalue weighted by atomic mass is 10.1. The van der Waals surface area contributed by atoms with Crippen molar-refractivity contribution in [1.29, 1.82) is 0 Å². The number of anilines is 3. The molecule has 126 valence electrons. The molecule has 1 saturated heterocycles. The fraction of sp³-hybridized carbons (Fsp3) is 0.278. The average molecular weight is 364 g/mol. The molecule has 0 bridgehead atoms. The van der Waals surface area contributed by atoms with Gasteiger partial charge in [-0.25, -0.2) is 0 Å². The van der Waals surface area contributed by atoms with Gasteiger partial charge in [-0.1, -0.05) is 23.2 Å². The third-order valence-electron chi connectivity index (χ3n) is 4.15. The maximum Gasteiger partial charge on any atom is 0.255 e. The van der Waals surface area contributed by atoms with Crippen molar-refractivity contribution in [2.45, 2.75) is 19.3 Å². The quantitative estimate of drug-likeness (QED) is 0.768. The summed E-state index contributed by atoms with van der Waals surface area (Å²) in [7, 11) is 0. The Hall–Kier alpha value is -1.91. The number of piperidine rings is 1. The van der Waals surface area contributed by atoms with Crippen LogP contribution in [0.5, 0.6) is 0 Å². The average Bonchev–Trinajstić information content (AvgIpc) is 2.58. The summed E-state index contributed by atoms with van der Waals surface area (Å²) in [5.74, 6) is -0.238. The monoisotopic (exact) mass is 363 g/mol. The molecule has 0 saturated carbocycles. The van der Waals surface area contributed by atoms with E-state index in [0.717, 1.165) is 31.6 Å². The summed E-state index contributed by atoms with van der Waals surface area (Å²) in [6.45, 7) is 1.97. The first kappa shape index (κ1) is 16.9. The Morgan fingerprint density at radius 1 is 1.00 bits per heavy atom. The number of amides is 1. The van der Waals surface area contributed by atoms with Gasteiger partial charge in [-0.2, -0.15) is 0 Å². The molecular weight excluding hydrogens is 345 g/mol. The number of nitrogen functional groups attached to an aromatic ring is 1. The molecule has 1 amide bonds. The third-order valence-corrected chi connectivity index (χ3v) is 4.89. The maximum atomic E-state index is 12.6. The van der Waals surface area contributed by atoms with Gasteiger partial charge in [0, 0.05) is 24.3 Å². The van der Waals surface area contributed by atoms with E-state index >= 15 is 0 Å². The summed E-state index contributed by atoms with van der Waals surface area (Å²) in [5.41, 5.74) is 8.69. The summed E-state index contributed by atoms with van der Waals surface area (Å²) in [5, 5.41) is 3.73. The zero-order chi connectivity index (χ0) is 17.1. The molecule has 2 aromatic rings. The van der Waals surface area contributed by atoms with Crippen molar-refractivity contribution >= 4 is 46.2 Å². The first-order valence-electron chi connectivity index (χ1n) is 7.95. The van der Waals surface area contributed by atoms with Crippen molar-refractivity contribution in [3.8, 4) is 0 Å². The Morgan fingerprint density at radius 3 is 2.46 bits per heavy atom. The molecule has 1 heterocycles. The molecular formula is C18H19Cl2N3O. The van der Waals surface area contributed by atoms with Crippen LogP contribution in [0.25, 0.3) is 0 Å². The van der Waals surface area contributed by atoms with Crippen molar-refractivity contribution in [2.24, 2.45) is 0 Å². The van der Waals surface area contributed by atoms with Gasteiger partial charge in [0.05, 0.1) is 21.4 Å². The van der Waals surface area contributed by atoms with Crippen molar-refractivity contribution in [3.63, 3.8) is 0 Å². The lowest BCUT2D eigenvalue weighted by Gasteiger charge is -2.30. The molecule has 24 heavy (non-hydrogen) atoms. The summed E-state index contributed by atoms with van der Waals surface area (Å²) >= 11 is 11.9. The summed E-state index contributed by atoms with van der Waals surface area (Å²) in [6.07, 6.45) is 3.56. The highest BCUT2D eigenvalue weighted by Crippen LogP contribution is 2.31.